The van der Waals surface area contributed by atoms with Gasteiger partial charge in [0.15, 0.2) is 0 Å². The number of hydrogen-bond donors (Lipinski definition) is 0. The number of para-hydroxylation sites is 1. The number of halogens is 3. The number of rotatable bonds is 2. The van der Waals surface area contributed by atoms with Crippen molar-refractivity contribution in [2.75, 3.05) is 12.0 Å². The third kappa shape index (κ3) is 2.44. The van der Waals surface area contributed by atoms with E-state index in [4.69, 9.17) is 4.74 Å². The van der Waals surface area contributed by atoms with Crippen LogP contribution in [0.2, 0.25) is 0 Å². The number of alkyl halides is 3. The minimum Gasteiger partial charge on any atom is -0.497 e. The number of hydrogen-bond acceptors (Lipinski definition) is 2. The molecule has 2 aromatic carbocycles. The second-order valence-electron chi connectivity index (χ2n) is 4.96. The predicted octanol–water partition coefficient (Wildman–Crippen LogP) is 4.32. The van der Waals surface area contributed by atoms with Crippen LogP contribution in [0.3, 0.4) is 0 Å². The van der Waals surface area contributed by atoms with Gasteiger partial charge in [0.2, 0.25) is 0 Å². The van der Waals surface area contributed by atoms with Crippen molar-refractivity contribution in [1.82, 2.24) is 0 Å². The van der Waals surface area contributed by atoms with Gasteiger partial charge in [0.05, 0.1) is 7.11 Å². The standard InChI is InChI=1S/C16H14F3NO/c1-21-13-8-6-12(7-9-13)20-14-5-3-2-4-11(14)10-15(20)16(17,18)19/h2-9,15H,10H2,1H3/t15-/m0/s1. The van der Waals surface area contributed by atoms with Gasteiger partial charge in [-0.1, -0.05) is 18.2 Å². The second kappa shape index (κ2) is 4.98. The Labute approximate surface area is 120 Å². The molecule has 0 unspecified atom stereocenters. The molecule has 0 aromatic heterocycles. The van der Waals surface area contributed by atoms with Crippen LogP contribution in [0.5, 0.6) is 5.75 Å². The fraction of sp³-hybridized carbons (Fsp3) is 0.250. The zero-order valence-electron chi connectivity index (χ0n) is 11.4. The first-order chi connectivity index (χ1) is 10.0. The summed E-state index contributed by atoms with van der Waals surface area (Å²) in [5.74, 6) is 0.620. The molecule has 0 saturated carbocycles. The number of nitrogens with zero attached hydrogens (tertiary/aromatic N) is 1. The van der Waals surface area contributed by atoms with Gasteiger partial charge in [-0.05, 0) is 35.9 Å². The molecule has 0 N–H and O–H groups in total. The van der Waals surface area contributed by atoms with E-state index in [1.807, 2.05) is 0 Å². The molecule has 1 heterocycles. The Hall–Kier alpha value is -2.17. The molecule has 0 radical (unpaired) electrons. The van der Waals surface area contributed by atoms with Crippen LogP contribution in [-0.2, 0) is 6.42 Å². The van der Waals surface area contributed by atoms with Crippen molar-refractivity contribution >= 4 is 11.4 Å². The highest BCUT2D eigenvalue weighted by Crippen LogP contribution is 2.44. The summed E-state index contributed by atoms with van der Waals surface area (Å²) in [6.07, 6.45) is -4.30. The first-order valence-electron chi connectivity index (χ1n) is 6.58. The number of benzene rings is 2. The molecule has 1 atom stereocenters. The summed E-state index contributed by atoms with van der Waals surface area (Å²) in [6, 6.07) is 12.1. The van der Waals surface area contributed by atoms with Gasteiger partial charge in [0.25, 0.3) is 0 Å². The van der Waals surface area contributed by atoms with Crippen molar-refractivity contribution in [3.63, 3.8) is 0 Å². The van der Waals surface area contributed by atoms with Crippen molar-refractivity contribution in [2.45, 2.75) is 18.6 Å². The molecule has 1 aliphatic rings. The van der Waals surface area contributed by atoms with Crippen LogP contribution >= 0.6 is 0 Å². The molecule has 0 amide bonds. The Morgan fingerprint density at radius 2 is 1.71 bits per heavy atom. The molecule has 2 nitrogen and oxygen atoms in total. The summed E-state index contributed by atoms with van der Waals surface area (Å²) >= 11 is 0. The summed E-state index contributed by atoms with van der Waals surface area (Å²) in [5, 5.41) is 0. The van der Waals surface area contributed by atoms with Crippen LogP contribution in [0.25, 0.3) is 0 Å². The Bertz CT molecular complexity index is 637. The zero-order valence-corrected chi connectivity index (χ0v) is 11.4. The topological polar surface area (TPSA) is 12.5 Å². The van der Waals surface area contributed by atoms with E-state index in [2.05, 4.69) is 0 Å². The van der Waals surface area contributed by atoms with Gasteiger partial charge in [-0.3, -0.25) is 0 Å². The van der Waals surface area contributed by atoms with Crippen molar-refractivity contribution in [3.05, 3.63) is 54.1 Å². The fourth-order valence-electron chi connectivity index (χ4n) is 2.71. The summed E-state index contributed by atoms with van der Waals surface area (Å²) in [6.45, 7) is 0. The van der Waals surface area contributed by atoms with Gasteiger partial charge in [-0.25, -0.2) is 0 Å². The van der Waals surface area contributed by atoms with E-state index in [-0.39, 0.29) is 6.42 Å². The maximum Gasteiger partial charge on any atom is 0.409 e. The third-order valence-electron chi connectivity index (χ3n) is 3.70. The van der Waals surface area contributed by atoms with Crippen LogP contribution in [0.1, 0.15) is 5.56 Å². The number of ether oxygens (including phenoxy) is 1. The van der Waals surface area contributed by atoms with Crippen LogP contribution in [0.15, 0.2) is 48.5 Å². The summed E-state index contributed by atoms with van der Waals surface area (Å²) in [7, 11) is 1.53. The molecule has 0 bridgehead atoms. The SMILES string of the molecule is COc1ccc(N2c3ccccc3C[C@H]2C(F)(F)F)cc1. The van der Waals surface area contributed by atoms with Crippen LogP contribution in [-0.4, -0.2) is 19.3 Å². The average molecular weight is 293 g/mol. The average Bonchev–Trinajstić information content (AvgIpc) is 2.87. The molecule has 110 valence electrons. The maximum atomic E-state index is 13.3. The molecule has 1 aliphatic heterocycles. The summed E-state index contributed by atoms with van der Waals surface area (Å²) in [5.41, 5.74) is 1.85. The van der Waals surface area contributed by atoms with Crippen LogP contribution in [0, 0.1) is 0 Å². The van der Waals surface area contributed by atoms with Gasteiger partial charge in [0, 0.05) is 17.8 Å². The largest absolute Gasteiger partial charge is 0.497 e. The lowest BCUT2D eigenvalue weighted by Crippen LogP contribution is -2.40. The molecule has 0 aliphatic carbocycles. The first-order valence-corrected chi connectivity index (χ1v) is 6.58. The Balaban J connectivity index is 2.06. The molecule has 2 aromatic rings. The fourth-order valence-corrected chi connectivity index (χ4v) is 2.71. The molecule has 3 rings (SSSR count). The Morgan fingerprint density at radius 1 is 1.05 bits per heavy atom. The quantitative estimate of drug-likeness (QED) is 0.817. The van der Waals surface area contributed by atoms with E-state index in [0.29, 0.717) is 17.1 Å². The lowest BCUT2D eigenvalue weighted by atomic mass is 10.1. The second-order valence-corrected chi connectivity index (χ2v) is 4.96. The van der Waals surface area contributed by atoms with Crippen molar-refractivity contribution in [3.8, 4) is 5.75 Å². The summed E-state index contributed by atoms with van der Waals surface area (Å²) in [4.78, 5) is 1.36. The van der Waals surface area contributed by atoms with E-state index in [1.54, 1.807) is 48.5 Å². The maximum absolute atomic E-state index is 13.3. The lowest BCUT2D eigenvalue weighted by Gasteiger charge is -2.29. The minimum atomic E-state index is -4.28. The van der Waals surface area contributed by atoms with Gasteiger partial charge in [-0.2, -0.15) is 13.2 Å². The zero-order chi connectivity index (χ0) is 15.0. The van der Waals surface area contributed by atoms with Crippen LogP contribution < -0.4 is 9.64 Å². The molecular weight excluding hydrogens is 279 g/mol. The van der Waals surface area contributed by atoms with Crippen molar-refractivity contribution in [1.29, 1.82) is 0 Å². The van der Waals surface area contributed by atoms with Gasteiger partial charge in [0.1, 0.15) is 11.8 Å². The first kappa shape index (κ1) is 13.8. The highest BCUT2D eigenvalue weighted by molar-refractivity contribution is 5.71. The van der Waals surface area contributed by atoms with E-state index in [1.165, 1.54) is 12.0 Å². The molecule has 0 saturated heterocycles. The van der Waals surface area contributed by atoms with E-state index in [9.17, 15) is 13.2 Å². The highest BCUT2D eigenvalue weighted by atomic mass is 19.4. The normalized spacial score (nSPS) is 17.7. The molecule has 0 spiro atoms. The van der Waals surface area contributed by atoms with Gasteiger partial charge >= 0.3 is 6.18 Å². The summed E-state index contributed by atoms with van der Waals surface area (Å²) < 4.78 is 45.1. The van der Waals surface area contributed by atoms with Crippen LogP contribution in [0.4, 0.5) is 24.5 Å². The number of fused-ring (bicyclic) bond motifs is 1. The number of methoxy groups -OCH3 is 1. The Morgan fingerprint density at radius 3 is 2.33 bits per heavy atom. The van der Waals surface area contributed by atoms with Crippen molar-refractivity contribution < 1.29 is 17.9 Å². The smallest absolute Gasteiger partial charge is 0.409 e. The minimum absolute atomic E-state index is 0.0221. The van der Waals surface area contributed by atoms with Gasteiger partial charge in [-0.15, -0.1) is 0 Å². The van der Waals surface area contributed by atoms with Crippen molar-refractivity contribution in [2.24, 2.45) is 0 Å². The molecular formula is C16H14F3NO. The third-order valence-corrected chi connectivity index (χ3v) is 3.70. The molecule has 0 fully saturated rings. The van der Waals surface area contributed by atoms with E-state index < -0.39 is 12.2 Å². The molecule has 5 heteroatoms. The number of anilines is 2. The van der Waals surface area contributed by atoms with Gasteiger partial charge < -0.3 is 9.64 Å². The monoisotopic (exact) mass is 293 g/mol. The predicted molar refractivity (Wildman–Crippen MR) is 75.1 cm³/mol. The Kier molecular flexibility index (Phi) is 3.27. The lowest BCUT2D eigenvalue weighted by molar-refractivity contribution is -0.145. The highest BCUT2D eigenvalue weighted by Gasteiger charge is 2.48. The van der Waals surface area contributed by atoms with E-state index >= 15 is 0 Å². The van der Waals surface area contributed by atoms with E-state index in [0.717, 1.165) is 5.56 Å². The molecule has 21 heavy (non-hydrogen) atoms.